The fourth-order valence-electron chi connectivity index (χ4n) is 4.48. The number of nitrogens with one attached hydrogen (secondary N) is 1. The summed E-state index contributed by atoms with van der Waals surface area (Å²) in [6, 6.07) is 11.6. The van der Waals surface area contributed by atoms with Crippen molar-refractivity contribution in [1.29, 1.82) is 0 Å². The van der Waals surface area contributed by atoms with Gasteiger partial charge in [0.25, 0.3) is 10.0 Å². The van der Waals surface area contributed by atoms with E-state index in [4.69, 9.17) is 9.88 Å². The van der Waals surface area contributed by atoms with Crippen molar-refractivity contribution in [3.05, 3.63) is 65.5 Å². The van der Waals surface area contributed by atoms with Gasteiger partial charge in [0.1, 0.15) is 24.1 Å². The molecule has 3 atom stereocenters. The quantitative estimate of drug-likeness (QED) is 0.305. The van der Waals surface area contributed by atoms with Crippen LogP contribution in [0.2, 0.25) is 0 Å². The molecule has 0 spiro atoms. The maximum atomic E-state index is 13.3. The van der Waals surface area contributed by atoms with Crippen LogP contribution in [0.1, 0.15) is 42.8 Å². The summed E-state index contributed by atoms with van der Waals surface area (Å²) < 4.78 is 30.9. The molecule has 4 aromatic rings. The van der Waals surface area contributed by atoms with E-state index in [-0.39, 0.29) is 22.8 Å². The van der Waals surface area contributed by atoms with Gasteiger partial charge in [-0.05, 0) is 35.2 Å². The van der Waals surface area contributed by atoms with E-state index in [2.05, 4.69) is 20.6 Å². The van der Waals surface area contributed by atoms with E-state index in [1.54, 1.807) is 24.4 Å². The van der Waals surface area contributed by atoms with Gasteiger partial charge in [-0.2, -0.15) is 0 Å². The Morgan fingerprint density at radius 1 is 1.30 bits per heavy atom. The van der Waals surface area contributed by atoms with Gasteiger partial charge in [0, 0.05) is 6.42 Å². The maximum absolute atomic E-state index is 13.3. The molecule has 0 saturated carbocycles. The van der Waals surface area contributed by atoms with Crippen molar-refractivity contribution in [3.8, 4) is 5.75 Å². The second-order valence-electron chi connectivity index (χ2n) is 9.28. The van der Waals surface area contributed by atoms with Crippen LogP contribution >= 0.6 is 11.3 Å². The monoisotopic (exact) mass is 542 g/mol. The van der Waals surface area contributed by atoms with Gasteiger partial charge in [0.05, 0.1) is 28.6 Å². The molecule has 2 aromatic carbocycles. The first-order valence-corrected chi connectivity index (χ1v) is 14.0. The predicted octanol–water partition coefficient (Wildman–Crippen LogP) is 2.09. The largest absolute Gasteiger partial charge is 0.487 e. The molecule has 1 aliphatic rings. The van der Waals surface area contributed by atoms with Gasteiger partial charge < -0.3 is 15.2 Å². The van der Waals surface area contributed by atoms with Crippen molar-refractivity contribution in [2.45, 2.75) is 49.4 Å². The van der Waals surface area contributed by atoms with Crippen LogP contribution in [0.15, 0.2) is 53.0 Å². The summed E-state index contributed by atoms with van der Waals surface area (Å²) in [5.74, 6) is 0.152. The summed E-state index contributed by atoms with van der Waals surface area (Å²) in [5, 5.41) is 27.0. The Kier molecular flexibility index (Phi) is 6.70. The van der Waals surface area contributed by atoms with Gasteiger partial charge in [-0.25, -0.2) is 23.2 Å². The number of aliphatic hydroxyl groups excluding tert-OH is 1. The van der Waals surface area contributed by atoms with Crippen molar-refractivity contribution in [2.75, 3.05) is 0 Å². The van der Waals surface area contributed by atoms with Crippen molar-refractivity contribution in [2.24, 2.45) is 11.1 Å². The molecule has 1 amide bonds. The number of nitrogens with two attached hydrogens (primary N) is 1. The molecule has 0 saturated heterocycles. The van der Waals surface area contributed by atoms with Crippen molar-refractivity contribution < 1.29 is 23.1 Å². The van der Waals surface area contributed by atoms with Crippen LogP contribution < -0.4 is 15.2 Å². The normalized spacial score (nSPS) is 18.2. The molecule has 0 aliphatic heterocycles. The van der Waals surface area contributed by atoms with Gasteiger partial charge in [-0.1, -0.05) is 43.3 Å². The number of amides is 1. The number of nitrogens with zero attached hydrogens (tertiary/aromatic N) is 4. The Bertz CT molecular complexity index is 1560. The average Bonchev–Trinajstić information content (AvgIpc) is 3.55. The molecule has 2 heterocycles. The van der Waals surface area contributed by atoms with Gasteiger partial charge in [0.2, 0.25) is 10.2 Å². The number of hydrogen-bond donors (Lipinski definition) is 3. The molecule has 37 heavy (non-hydrogen) atoms. The fourth-order valence-corrected chi connectivity index (χ4v) is 6.17. The summed E-state index contributed by atoms with van der Waals surface area (Å²) in [7, 11) is -3.88. The third kappa shape index (κ3) is 5.21. The lowest BCUT2D eigenvalue weighted by atomic mass is 10.0. The highest BCUT2D eigenvalue weighted by Crippen LogP contribution is 2.32. The SMILES string of the molecule is CC(C)[C@@H](C(=O)NC1c2ccccc2C[C@@H]1O)n1cc(COc2ccc3nc(S(N)(=O)=O)sc3c2)nn1. The Balaban J connectivity index is 1.28. The van der Waals surface area contributed by atoms with E-state index in [9.17, 15) is 18.3 Å². The summed E-state index contributed by atoms with van der Waals surface area (Å²) >= 11 is 0.965. The highest BCUT2D eigenvalue weighted by Gasteiger charge is 2.35. The number of carbonyl (C=O) groups is 1. The Labute approximate surface area is 217 Å². The van der Waals surface area contributed by atoms with Gasteiger partial charge in [-0.15, -0.1) is 16.4 Å². The molecule has 1 unspecified atom stereocenters. The highest BCUT2D eigenvalue weighted by molar-refractivity contribution is 7.91. The van der Waals surface area contributed by atoms with Gasteiger partial charge >= 0.3 is 0 Å². The molecule has 0 bridgehead atoms. The standard InChI is InChI=1S/C24H26N6O5S2/c1-13(2)22(23(32)27-21-17-6-4-3-5-14(17)9-19(21)31)30-11-15(28-29-30)12-35-16-7-8-18-20(10-16)36-24(26-18)37(25,33)34/h3-8,10-11,13,19,21-22,31H,9,12H2,1-2H3,(H,27,32)(H2,25,33,34)/t19-,21?,22-/m0/s1. The lowest BCUT2D eigenvalue weighted by Gasteiger charge is -2.24. The zero-order chi connectivity index (χ0) is 26.3. The fraction of sp³-hybridized carbons (Fsp3) is 0.333. The predicted molar refractivity (Wildman–Crippen MR) is 136 cm³/mol. The smallest absolute Gasteiger partial charge is 0.265 e. The zero-order valence-corrected chi connectivity index (χ0v) is 21.7. The molecule has 4 N–H and O–H groups in total. The van der Waals surface area contributed by atoms with Crippen LogP contribution in [0, 0.1) is 5.92 Å². The molecular weight excluding hydrogens is 516 g/mol. The molecule has 0 radical (unpaired) electrons. The van der Waals surface area contributed by atoms with Gasteiger partial charge in [-0.3, -0.25) is 4.79 Å². The van der Waals surface area contributed by atoms with Crippen molar-refractivity contribution in [3.63, 3.8) is 0 Å². The lowest BCUT2D eigenvalue weighted by molar-refractivity contribution is -0.127. The average molecular weight is 543 g/mol. The highest BCUT2D eigenvalue weighted by atomic mass is 32.2. The molecule has 13 heteroatoms. The second kappa shape index (κ2) is 9.82. The zero-order valence-electron chi connectivity index (χ0n) is 20.1. The van der Waals surface area contributed by atoms with E-state index in [0.29, 0.717) is 28.1 Å². The van der Waals surface area contributed by atoms with Crippen LogP contribution in [-0.4, -0.2) is 45.5 Å². The summed E-state index contributed by atoms with van der Waals surface area (Å²) in [5.41, 5.74) is 2.97. The van der Waals surface area contributed by atoms with Crippen LogP contribution in [0.25, 0.3) is 10.2 Å². The third-order valence-electron chi connectivity index (χ3n) is 6.21. The first-order valence-electron chi connectivity index (χ1n) is 11.6. The van der Waals surface area contributed by atoms with Crippen LogP contribution in [0.3, 0.4) is 0 Å². The first-order chi connectivity index (χ1) is 17.6. The number of fused-ring (bicyclic) bond motifs is 2. The molecule has 2 aromatic heterocycles. The molecule has 0 fully saturated rings. The first kappa shape index (κ1) is 25.3. The number of aromatic nitrogens is 4. The number of carbonyl (C=O) groups excluding carboxylic acids is 1. The van der Waals surface area contributed by atoms with E-state index < -0.39 is 28.2 Å². The number of ether oxygens (including phenoxy) is 1. The number of hydrogen-bond acceptors (Lipinski definition) is 9. The Morgan fingerprint density at radius 2 is 2.08 bits per heavy atom. The van der Waals surface area contributed by atoms with Gasteiger partial charge in [0.15, 0.2) is 0 Å². The summed E-state index contributed by atoms with van der Waals surface area (Å²) in [4.78, 5) is 17.3. The minimum atomic E-state index is -3.88. The number of sulfonamides is 1. The summed E-state index contributed by atoms with van der Waals surface area (Å²) in [6.07, 6.45) is 1.47. The third-order valence-corrected chi connectivity index (χ3v) is 8.55. The van der Waals surface area contributed by atoms with Crippen molar-refractivity contribution >= 4 is 37.5 Å². The topological polar surface area (TPSA) is 162 Å². The molecule has 1 aliphatic carbocycles. The molecule has 5 rings (SSSR count). The molecule has 11 nitrogen and oxygen atoms in total. The second-order valence-corrected chi connectivity index (χ2v) is 12.0. The van der Waals surface area contributed by atoms with E-state index >= 15 is 0 Å². The number of benzene rings is 2. The molecular formula is C24H26N6O5S2. The lowest BCUT2D eigenvalue weighted by Crippen LogP contribution is -2.40. The minimum Gasteiger partial charge on any atom is -0.487 e. The maximum Gasteiger partial charge on any atom is 0.265 e. The number of thiazole rings is 1. The summed E-state index contributed by atoms with van der Waals surface area (Å²) in [6.45, 7) is 3.93. The Morgan fingerprint density at radius 3 is 2.84 bits per heavy atom. The molecule has 194 valence electrons. The van der Waals surface area contributed by atoms with Crippen molar-refractivity contribution in [1.82, 2.24) is 25.3 Å². The van der Waals surface area contributed by atoms with Crippen LogP contribution in [-0.2, 0) is 27.8 Å². The van der Waals surface area contributed by atoms with Crippen LogP contribution in [0.4, 0.5) is 0 Å². The van der Waals surface area contributed by atoms with Crippen LogP contribution in [0.5, 0.6) is 5.75 Å². The Hall–Kier alpha value is -3.39. The number of rotatable bonds is 8. The van der Waals surface area contributed by atoms with E-state index in [0.717, 1.165) is 22.5 Å². The number of primary sulfonamides is 1. The minimum absolute atomic E-state index is 0.0908. The number of aliphatic hydroxyl groups is 1. The van der Waals surface area contributed by atoms with E-state index in [1.807, 2.05) is 38.1 Å². The van der Waals surface area contributed by atoms with E-state index in [1.165, 1.54) is 4.68 Å².